The number of rotatable bonds is 4. The van der Waals surface area contributed by atoms with Crippen molar-refractivity contribution in [2.75, 3.05) is 23.3 Å². The predicted molar refractivity (Wildman–Crippen MR) is 112 cm³/mol. The number of hydrogen-bond acceptors (Lipinski definition) is 4. The molecular weight excluding hydrogens is 352 g/mol. The number of piperidine rings is 1. The van der Waals surface area contributed by atoms with Gasteiger partial charge in [0.15, 0.2) is 5.82 Å². The van der Waals surface area contributed by atoms with Crippen molar-refractivity contribution in [2.45, 2.75) is 26.2 Å². The summed E-state index contributed by atoms with van der Waals surface area (Å²) in [6.07, 6.45) is 2.52. The molecule has 0 saturated carbocycles. The van der Waals surface area contributed by atoms with Gasteiger partial charge in [-0.15, -0.1) is 0 Å². The maximum absolute atomic E-state index is 12.9. The van der Waals surface area contributed by atoms with Gasteiger partial charge in [0.2, 0.25) is 5.91 Å². The van der Waals surface area contributed by atoms with Gasteiger partial charge in [-0.2, -0.15) is 0 Å². The number of carbonyl (C=O) groups is 1. The van der Waals surface area contributed by atoms with Gasteiger partial charge < -0.3 is 15.2 Å². The molecule has 0 radical (unpaired) electrons. The van der Waals surface area contributed by atoms with Crippen LogP contribution in [0.1, 0.15) is 25.3 Å². The van der Waals surface area contributed by atoms with Gasteiger partial charge in [0.05, 0.1) is 17.0 Å². The van der Waals surface area contributed by atoms with Crippen LogP contribution in [-0.4, -0.2) is 29.0 Å². The third kappa shape index (κ3) is 3.63. The van der Waals surface area contributed by atoms with Crippen LogP contribution in [-0.2, 0) is 11.2 Å². The van der Waals surface area contributed by atoms with Crippen molar-refractivity contribution in [3.8, 4) is 0 Å². The summed E-state index contributed by atoms with van der Waals surface area (Å²) >= 11 is 0. The monoisotopic (exact) mass is 376 g/mol. The third-order valence-corrected chi connectivity index (χ3v) is 5.33. The number of hydrogen-bond donors (Lipinski definition) is 2. The van der Waals surface area contributed by atoms with Crippen LogP contribution in [0.25, 0.3) is 11.0 Å². The molecule has 1 aliphatic rings. The third-order valence-electron chi connectivity index (χ3n) is 5.33. The highest BCUT2D eigenvalue weighted by Crippen LogP contribution is 2.23. The fourth-order valence-electron chi connectivity index (χ4n) is 3.80. The maximum Gasteiger partial charge on any atom is 0.291 e. The number of aromatic nitrogens is 2. The molecule has 0 spiro atoms. The van der Waals surface area contributed by atoms with Crippen molar-refractivity contribution < 1.29 is 4.79 Å². The second-order valence-electron chi connectivity index (χ2n) is 7.19. The van der Waals surface area contributed by atoms with Gasteiger partial charge in [0.25, 0.3) is 5.56 Å². The molecule has 1 fully saturated rings. The number of aromatic amines is 1. The van der Waals surface area contributed by atoms with Crippen molar-refractivity contribution in [1.82, 2.24) is 9.97 Å². The van der Waals surface area contributed by atoms with Gasteiger partial charge in [0, 0.05) is 18.8 Å². The summed E-state index contributed by atoms with van der Waals surface area (Å²) in [5, 5.41) is 3.08. The topological polar surface area (TPSA) is 78.1 Å². The predicted octanol–water partition coefficient (Wildman–Crippen LogP) is 3.34. The van der Waals surface area contributed by atoms with Crippen LogP contribution in [0, 0.1) is 5.92 Å². The SMILES string of the molecule is CCc1ccccc1NC(=O)[C@H]1CCCN(c2nc3ccccc3[nH]c2=O)C1. The fourth-order valence-corrected chi connectivity index (χ4v) is 3.80. The molecule has 0 bridgehead atoms. The minimum atomic E-state index is -0.212. The molecule has 1 aliphatic heterocycles. The molecule has 144 valence electrons. The summed E-state index contributed by atoms with van der Waals surface area (Å²) in [4.78, 5) is 34.8. The molecular formula is C22H24N4O2. The van der Waals surface area contributed by atoms with Gasteiger partial charge >= 0.3 is 0 Å². The first kappa shape index (κ1) is 18.2. The smallest absolute Gasteiger partial charge is 0.291 e. The van der Waals surface area contributed by atoms with Crippen LogP contribution in [0.5, 0.6) is 0 Å². The van der Waals surface area contributed by atoms with Crippen LogP contribution in [0.3, 0.4) is 0 Å². The summed E-state index contributed by atoms with van der Waals surface area (Å²) < 4.78 is 0. The molecule has 4 rings (SSSR count). The van der Waals surface area contributed by atoms with Crippen molar-refractivity contribution in [2.24, 2.45) is 5.92 Å². The molecule has 1 atom stereocenters. The first-order valence-corrected chi connectivity index (χ1v) is 9.78. The Balaban J connectivity index is 1.54. The Labute approximate surface area is 163 Å². The first-order valence-electron chi connectivity index (χ1n) is 9.78. The lowest BCUT2D eigenvalue weighted by Crippen LogP contribution is -2.43. The summed E-state index contributed by atoms with van der Waals surface area (Å²) in [5.41, 5.74) is 3.25. The number of carbonyl (C=O) groups excluding carboxylic acids is 1. The first-order chi connectivity index (χ1) is 13.7. The van der Waals surface area contributed by atoms with E-state index in [2.05, 4.69) is 22.2 Å². The van der Waals surface area contributed by atoms with Crippen molar-refractivity contribution in [3.63, 3.8) is 0 Å². The highest BCUT2D eigenvalue weighted by molar-refractivity contribution is 5.93. The average molecular weight is 376 g/mol. The zero-order valence-corrected chi connectivity index (χ0v) is 15.9. The van der Waals surface area contributed by atoms with E-state index >= 15 is 0 Å². The minimum absolute atomic E-state index is 0.00261. The number of anilines is 2. The molecule has 0 aliphatic carbocycles. The van der Waals surface area contributed by atoms with E-state index in [4.69, 9.17) is 0 Å². The number of amides is 1. The molecule has 1 amide bonds. The maximum atomic E-state index is 12.9. The molecule has 0 unspecified atom stereocenters. The van der Waals surface area contributed by atoms with E-state index in [1.807, 2.05) is 53.4 Å². The lowest BCUT2D eigenvalue weighted by molar-refractivity contribution is -0.120. The summed E-state index contributed by atoms with van der Waals surface area (Å²) in [7, 11) is 0. The van der Waals surface area contributed by atoms with E-state index < -0.39 is 0 Å². The van der Waals surface area contributed by atoms with E-state index in [9.17, 15) is 9.59 Å². The second kappa shape index (κ2) is 7.84. The standard InChI is InChI=1S/C22H24N4O2/c1-2-15-8-3-4-10-17(15)24-21(27)16-9-7-13-26(14-16)20-22(28)25-19-12-6-5-11-18(19)23-20/h3-6,8,10-12,16H,2,7,9,13-14H2,1H3,(H,24,27)(H,25,28)/t16-/m0/s1. The van der Waals surface area contributed by atoms with Crippen LogP contribution in [0.15, 0.2) is 53.3 Å². The van der Waals surface area contributed by atoms with E-state index in [1.165, 1.54) is 0 Å². The fraction of sp³-hybridized carbons (Fsp3) is 0.318. The number of aryl methyl sites for hydroxylation is 1. The average Bonchev–Trinajstić information content (AvgIpc) is 2.73. The second-order valence-corrected chi connectivity index (χ2v) is 7.19. The number of nitrogens with zero attached hydrogens (tertiary/aromatic N) is 2. The summed E-state index contributed by atoms with van der Waals surface area (Å²) in [6.45, 7) is 3.29. The van der Waals surface area contributed by atoms with Crippen LogP contribution < -0.4 is 15.8 Å². The van der Waals surface area contributed by atoms with Crippen LogP contribution in [0.2, 0.25) is 0 Å². The summed E-state index contributed by atoms with van der Waals surface area (Å²) in [5.74, 6) is 0.222. The molecule has 6 heteroatoms. The number of H-pyrrole nitrogens is 1. The van der Waals surface area contributed by atoms with Crippen molar-refractivity contribution in [3.05, 3.63) is 64.4 Å². The molecule has 1 saturated heterocycles. The Hall–Kier alpha value is -3.15. The number of benzene rings is 2. The Bertz CT molecular complexity index is 1060. The molecule has 6 nitrogen and oxygen atoms in total. The molecule has 2 aromatic carbocycles. The highest BCUT2D eigenvalue weighted by Gasteiger charge is 2.28. The van der Waals surface area contributed by atoms with Crippen molar-refractivity contribution >= 4 is 28.4 Å². The van der Waals surface area contributed by atoms with Gasteiger partial charge in [-0.3, -0.25) is 9.59 Å². The van der Waals surface area contributed by atoms with Gasteiger partial charge in [-0.1, -0.05) is 37.3 Å². The lowest BCUT2D eigenvalue weighted by Gasteiger charge is -2.32. The van der Waals surface area contributed by atoms with Crippen molar-refractivity contribution in [1.29, 1.82) is 0 Å². The van der Waals surface area contributed by atoms with Crippen LogP contribution >= 0.6 is 0 Å². The number of para-hydroxylation sites is 3. The van der Waals surface area contributed by atoms with Gasteiger partial charge in [-0.05, 0) is 43.0 Å². The van der Waals surface area contributed by atoms with E-state index in [0.717, 1.165) is 48.1 Å². The molecule has 2 N–H and O–H groups in total. The van der Waals surface area contributed by atoms with Crippen LogP contribution in [0.4, 0.5) is 11.5 Å². The van der Waals surface area contributed by atoms with E-state index in [-0.39, 0.29) is 17.4 Å². The molecule has 3 aromatic rings. The summed E-state index contributed by atoms with van der Waals surface area (Å²) in [6, 6.07) is 15.4. The molecule has 1 aromatic heterocycles. The Morgan fingerprint density at radius 1 is 1.21 bits per heavy atom. The Morgan fingerprint density at radius 3 is 2.86 bits per heavy atom. The van der Waals surface area contributed by atoms with E-state index in [0.29, 0.717) is 12.4 Å². The number of nitrogens with one attached hydrogen (secondary N) is 2. The highest BCUT2D eigenvalue weighted by atomic mass is 16.2. The minimum Gasteiger partial charge on any atom is -0.351 e. The Kier molecular flexibility index (Phi) is 5.10. The zero-order chi connectivity index (χ0) is 19.5. The molecule has 28 heavy (non-hydrogen) atoms. The lowest BCUT2D eigenvalue weighted by atomic mass is 9.96. The number of fused-ring (bicyclic) bond motifs is 1. The van der Waals surface area contributed by atoms with Gasteiger partial charge in [0.1, 0.15) is 0 Å². The zero-order valence-electron chi connectivity index (χ0n) is 15.9. The van der Waals surface area contributed by atoms with E-state index in [1.54, 1.807) is 0 Å². The quantitative estimate of drug-likeness (QED) is 0.732. The molecule has 2 heterocycles. The Morgan fingerprint density at radius 2 is 2.00 bits per heavy atom. The largest absolute Gasteiger partial charge is 0.351 e. The van der Waals surface area contributed by atoms with Gasteiger partial charge in [-0.25, -0.2) is 4.98 Å². The normalized spacial score (nSPS) is 16.9.